The van der Waals surface area contributed by atoms with E-state index >= 15 is 0 Å². The van der Waals surface area contributed by atoms with Gasteiger partial charge in [0.25, 0.3) is 0 Å². The number of hydrogen-bond donors (Lipinski definition) is 0. The van der Waals surface area contributed by atoms with Gasteiger partial charge >= 0.3 is 0 Å². The molecule has 0 spiro atoms. The smallest absolute Gasteiger partial charge is 0.241 e. The van der Waals surface area contributed by atoms with Crippen molar-refractivity contribution < 1.29 is 4.43 Å². The number of hydrogen-bond acceptors (Lipinski definition) is 1. The van der Waals surface area contributed by atoms with Gasteiger partial charge in [0.1, 0.15) is 0 Å². The second-order valence-corrected chi connectivity index (χ2v) is 9.41. The van der Waals surface area contributed by atoms with Gasteiger partial charge in [0.2, 0.25) is 8.32 Å². The summed E-state index contributed by atoms with van der Waals surface area (Å²) in [6, 6.07) is 0. The molecule has 1 nitrogen and oxygen atoms in total. The predicted molar refractivity (Wildman–Crippen MR) is 65.8 cm³/mol. The molecule has 0 aromatic rings. The van der Waals surface area contributed by atoms with Gasteiger partial charge in [-0.15, -0.1) is 0 Å². The minimum atomic E-state index is -1.36. The van der Waals surface area contributed by atoms with Crippen LogP contribution in [-0.2, 0) is 4.43 Å². The van der Waals surface area contributed by atoms with Crippen molar-refractivity contribution in [2.75, 3.05) is 5.33 Å². The highest BCUT2D eigenvalue weighted by Gasteiger charge is 2.13. The lowest BCUT2D eigenvalue weighted by molar-refractivity contribution is 0.468. The van der Waals surface area contributed by atoms with Crippen molar-refractivity contribution in [3.63, 3.8) is 0 Å². The molecule has 0 fully saturated rings. The second kappa shape index (κ2) is 6.66. The maximum absolute atomic E-state index is 5.74. The second-order valence-electron chi connectivity index (χ2n) is 4.15. The number of allylic oxidation sites excluding steroid dienone is 1. The first-order chi connectivity index (χ1) is 5.99. The summed E-state index contributed by atoms with van der Waals surface area (Å²) in [5, 5.41) is 1.08. The number of rotatable bonds is 6. The molecule has 0 saturated carbocycles. The Balaban J connectivity index is 3.92. The standard InChI is InChI=1S/C10H21BrOSi/c1-5-10(7-6-8-11)9-12-13(2,3)4/h9H,5-8H2,1-4H3. The lowest BCUT2D eigenvalue weighted by Crippen LogP contribution is -2.22. The fraction of sp³-hybridized carbons (Fsp3) is 0.800. The summed E-state index contributed by atoms with van der Waals surface area (Å²) in [6.45, 7) is 8.82. The van der Waals surface area contributed by atoms with E-state index in [1.807, 2.05) is 6.26 Å². The minimum absolute atomic E-state index is 1.08. The van der Waals surface area contributed by atoms with Crippen molar-refractivity contribution in [3.05, 3.63) is 11.8 Å². The molecule has 0 aliphatic carbocycles. The summed E-state index contributed by atoms with van der Waals surface area (Å²) >= 11 is 3.44. The van der Waals surface area contributed by atoms with Gasteiger partial charge in [0.15, 0.2) is 0 Å². The first kappa shape index (κ1) is 13.2. The monoisotopic (exact) mass is 264 g/mol. The molecule has 0 saturated heterocycles. The van der Waals surface area contributed by atoms with Crippen LogP contribution in [0.5, 0.6) is 0 Å². The van der Waals surface area contributed by atoms with Gasteiger partial charge < -0.3 is 4.43 Å². The minimum Gasteiger partial charge on any atom is -0.550 e. The van der Waals surface area contributed by atoms with E-state index in [-0.39, 0.29) is 0 Å². The molecular weight excluding hydrogens is 244 g/mol. The molecule has 0 aliphatic rings. The lowest BCUT2D eigenvalue weighted by atomic mass is 10.1. The van der Waals surface area contributed by atoms with E-state index in [1.165, 1.54) is 12.0 Å². The molecule has 0 radical (unpaired) electrons. The third-order valence-electron chi connectivity index (χ3n) is 1.66. The Kier molecular flexibility index (Phi) is 6.78. The van der Waals surface area contributed by atoms with Crippen LogP contribution in [0.15, 0.2) is 11.8 Å². The van der Waals surface area contributed by atoms with Crippen molar-refractivity contribution in [2.24, 2.45) is 0 Å². The van der Waals surface area contributed by atoms with E-state index in [9.17, 15) is 0 Å². The normalized spacial score (nSPS) is 13.2. The highest BCUT2D eigenvalue weighted by molar-refractivity contribution is 9.09. The van der Waals surface area contributed by atoms with Gasteiger partial charge in [0, 0.05) is 5.33 Å². The molecule has 13 heavy (non-hydrogen) atoms. The molecule has 0 bridgehead atoms. The molecular formula is C10H21BrOSi. The Hall–Kier alpha value is 0.237. The van der Waals surface area contributed by atoms with Gasteiger partial charge in [-0.25, -0.2) is 0 Å². The van der Waals surface area contributed by atoms with E-state index in [0.29, 0.717) is 0 Å². The molecule has 0 aliphatic heterocycles. The summed E-state index contributed by atoms with van der Waals surface area (Å²) in [7, 11) is -1.36. The third-order valence-corrected chi connectivity index (χ3v) is 3.05. The average Bonchev–Trinajstić information content (AvgIpc) is 2.03. The molecule has 0 aromatic carbocycles. The average molecular weight is 265 g/mol. The summed E-state index contributed by atoms with van der Waals surface area (Å²) < 4.78 is 5.74. The number of halogens is 1. The highest BCUT2D eigenvalue weighted by atomic mass is 79.9. The largest absolute Gasteiger partial charge is 0.550 e. The topological polar surface area (TPSA) is 9.23 Å². The molecule has 0 aromatic heterocycles. The van der Waals surface area contributed by atoms with Crippen LogP contribution < -0.4 is 0 Å². The van der Waals surface area contributed by atoms with Gasteiger partial charge in [-0.1, -0.05) is 22.9 Å². The first-order valence-corrected chi connectivity index (χ1v) is 9.44. The van der Waals surface area contributed by atoms with Crippen LogP contribution in [0.25, 0.3) is 0 Å². The molecule has 0 heterocycles. The van der Waals surface area contributed by atoms with Gasteiger partial charge in [-0.05, 0) is 44.5 Å². The van der Waals surface area contributed by atoms with Crippen molar-refractivity contribution >= 4 is 24.2 Å². The van der Waals surface area contributed by atoms with Gasteiger partial charge in [-0.2, -0.15) is 0 Å². The Bertz CT molecular complexity index is 161. The molecule has 0 rings (SSSR count). The fourth-order valence-corrected chi connectivity index (χ4v) is 1.67. The Morgan fingerprint density at radius 2 is 2.00 bits per heavy atom. The predicted octanol–water partition coefficient (Wildman–Crippen LogP) is 4.31. The quantitative estimate of drug-likeness (QED) is 0.395. The Morgan fingerprint density at radius 3 is 2.38 bits per heavy atom. The van der Waals surface area contributed by atoms with Crippen LogP contribution in [0.2, 0.25) is 19.6 Å². The molecule has 0 atom stereocenters. The lowest BCUT2D eigenvalue weighted by Gasteiger charge is -2.16. The summed E-state index contributed by atoms with van der Waals surface area (Å²) in [5.74, 6) is 0. The fourth-order valence-electron chi connectivity index (χ4n) is 0.873. The summed E-state index contributed by atoms with van der Waals surface area (Å²) in [4.78, 5) is 0. The first-order valence-electron chi connectivity index (χ1n) is 4.91. The Labute approximate surface area is 91.8 Å². The zero-order valence-corrected chi connectivity index (χ0v) is 11.8. The summed E-state index contributed by atoms with van der Waals surface area (Å²) in [6.07, 6.45) is 5.47. The van der Waals surface area contributed by atoms with Gasteiger partial charge in [-0.3, -0.25) is 0 Å². The van der Waals surface area contributed by atoms with Crippen molar-refractivity contribution in [2.45, 2.75) is 45.8 Å². The number of alkyl halides is 1. The van der Waals surface area contributed by atoms with Crippen molar-refractivity contribution in [3.8, 4) is 0 Å². The zero-order valence-electron chi connectivity index (χ0n) is 9.19. The maximum atomic E-state index is 5.74. The van der Waals surface area contributed by atoms with Crippen molar-refractivity contribution in [1.29, 1.82) is 0 Å². The third kappa shape index (κ3) is 8.56. The molecule has 3 heteroatoms. The molecule has 0 N–H and O–H groups in total. The van der Waals surface area contributed by atoms with Crippen LogP contribution in [-0.4, -0.2) is 13.6 Å². The van der Waals surface area contributed by atoms with Crippen LogP contribution in [0.4, 0.5) is 0 Å². The maximum Gasteiger partial charge on any atom is 0.241 e. The Morgan fingerprint density at radius 1 is 1.38 bits per heavy atom. The molecule has 0 amide bonds. The van der Waals surface area contributed by atoms with Crippen LogP contribution in [0.1, 0.15) is 26.2 Å². The van der Waals surface area contributed by atoms with Crippen LogP contribution in [0.3, 0.4) is 0 Å². The highest BCUT2D eigenvalue weighted by Crippen LogP contribution is 2.13. The van der Waals surface area contributed by atoms with Crippen LogP contribution >= 0.6 is 15.9 Å². The van der Waals surface area contributed by atoms with Crippen molar-refractivity contribution in [1.82, 2.24) is 0 Å². The van der Waals surface area contributed by atoms with Crippen LogP contribution in [0, 0.1) is 0 Å². The van der Waals surface area contributed by atoms with E-state index in [4.69, 9.17) is 4.43 Å². The van der Waals surface area contributed by atoms with E-state index < -0.39 is 8.32 Å². The van der Waals surface area contributed by atoms with Gasteiger partial charge in [0.05, 0.1) is 6.26 Å². The molecule has 0 unspecified atom stereocenters. The molecule has 78 valence electrons. The van der Waals surface area contributed by atoms with E-state index in [2.05, 4.69) is 42.5 Å². The summed E-state index contributed by atoms with van der Waals surface area (Å²) in [5.41, 5.74) is 1.43. The zero-order chi connectivity index (χ0) is 10.3. The SMILES string of the molecule is CCC(=CO[Si](C)(C)C)CCCBr. The van der Waals surface area contributed by atoms with E-state index in [0.717, 1.165) is 18.2 Å². The van der Waals surface area contributed by atoms with E-state index in [1.54, 1.807) is 0 Å².